The molecule has 1 saturated heterocycles. The highest BCUT2D eigenvalue weighted by molar-refractivity contribution is 5.97. The Bertz CT molecular complexity index is 872. The van der Waals surface area contributed by atoms with Gasteiger partial charge in [0.2, 0.25) is 0 Å². The molecule has 0 aromatic heterocycles. The number of nitrogens with one attached hydrogen (secondary N) is 1. The van der Waals surface area contributed by atoms with E-state index in [1.807, 2.05) is 12.1 Å². The molecule has 3 unspecified atom stereocenters. The summed E-state index contributed by atoms with van der Waals surface area (Å²) in [6, 6.07) is 14.2. The molecular weight excluding hydrogens is 396 g/mol. The lowest BCUT2D eigenvalue weighted by Gasteiger charge is -2.35. The van der Waals surface area contributed by atoms with Crippen molar-refractivity contribution >= 4 is 17.6 Å². The van der Waals surface area contributed by atoms with Crippen molar-refractivity contribution < 1.29 is 23.8 Å². The van der Waals surface area contributed by atoms with E-state index in [-0.39, 0.29) is 12.2 Å². The lowest BCUT2D eigenvalue weighted by molar-refractivity contribution is -0.123. The van der Waals surface area contributed by atoms with Crippen molar-refractivity contribution in [3.63, 3.8) is 0 Å². The fourth-order valence-corrected chi connectivity index (χ4v) is 3.62. The first-order chi connectivity index (χ1) is 14.8. The molecule has 3 atom stereocenters. The van der Waals surface area contributed by atoms with Gasteiger partial charge in [0.15, 0.2) is 6.10 Å². The molecule has 3 rings (SSSR count). The number of anilines is 1. The van der Waals surface area contributed by atoms with Crippen LogP contribution in [0.5, 0.6) is 5.75 Å². The number of rotatable bonds is 7. The first-order valence-corrected chi connectivity index (χ1v) is 10.5. The molecule has 0 radical (unpaired) electrons. The van der Waals surface area contributed by atoms with E-state index in [2.05, 4.69) is 24.1 Å². The van der Waals surface area contributed by atoms with E-state index in [4.69, 9.17) is 14.2 Å². The number of carbonyl (C=O) groups is 2. The molecule has 2 aromatic rings. The Labute approximate surface area is 183 Å². The molecule has 1 heterocycles. The van der Waals surface area contributed by atoms with Crippen LogP contribution in [0.25, 0.3) is 0 Å². The summed E-state index contributed by atoms with van der Waals surface area (Å²) in [5.41, 5.74) is 2.13. The van der Waals surface area contributed by atoms with Gasteiger partial charge in [-0.1, -0.05) is 12.1 Å². The zero-order valence-electron chi connectivity index (χ0n) is 18.5. The Morgan fingerprint density at radius 3 is 2.26 bits per heavy atom. The lowest BCUT2D eigenvalue weighted by Crippen LogP contribution is -2.44. The summed E-state index contributed by atoms with van der Waals surface area (Å²) in [7, 11) is 1.57. The first-order valence-electron chi connectivity index (χ1n) is 10.5. The predicted molar refractivity (Wildman–Crippen MR) is 118 cm³/mol. The highest BCUT2D eigenvalue weighted by Crippen LogP contribution is 2.17. The van der Waals surface area contributed by atoms with E-state index in [0.29, 0.717) is 17.0 Å². The van der Waals surface area contributed by atoms with Crippen molar-refractivity contribution in [1.82, 2.24) is 4.90 Å². The number of amides is 1. The average molecular weight is 427 g/mol. The molecule has 166 valence electrons. The average Bonchev–Trinajstić information content (AvgIpc) is 2.74. The third-order valence-corrected chi connectivity index (χ3v) is 5.10. The minimum Gasteiger partial charge on any atom is -0.497 e. The van der Waals surface area contributed by atoms with Crippen LogP contribution in [0, 0.1) is 0 Å². The highest BCUT2D eigenvalue weighted by atomic mass is 16.5. The molecule has 1 amide bonds. The number of methoxy groups -OCH3 is 1. The number of benzene rings is 2. The van der Waals surface area contributed by atoms with E-state index in [1.165, 1.54) is 0 Å². The number of carbonyl (C=O) groups excluding carboxylic acids is 2. The molecule has 7 nitrogen and oxygen atoms in total. The van der Waals surface area contributed by atoms with Crippen LogP contribution in [-0.4, -0.2) is 55.3 Å². The molecule has 0 aliphatic carbocycles. The maximum atomic E-state index is 12.4. The minimum absolute atomic E-state index is 0.212. The summed E-state index contributed by atoms with van der Waals surface area (Å²) in [4.78, 5) is 27.1. The molecule has 1 N–H and O–H groups in total. The molecule has 7 heteroatoms. The number of morpholine rings is 1. The first kappa shape index (κ1) is 22.8. The van der Waals surface area contributed by atoms with Gasteiger partial charge in [0.25, 0.3) is 5.91 Å². The van der Waals surface area contributed by atoms with Gasteiger partial charge in [-0.15, -0.1) is 0 Å². The van der Waals surface area contributed by atoms with E-state index < -0.39 is 18.0 Å². The Hall–Kier alpha value is -2.90. The maximum Gasteiger partial charge on any atom is 0.338 e. The van der Waals surface area contributed by atoms with Crippen LogP contribution >= 0.6 is 0 Å². The van der Waals surface area contributed by atoms with E-state index >= 15 is 0 Å². The normalized spacial score (nSPS) is 20.0. The fraction of sp³-hybridized carbons (Fsp3) is 0.417. The number of nitrogens with zero attached hydrogens (tertiary/aromatic N) is 1. The van der Waals surface area contributed by atoms with Gasteiger partial charge in [0, 0.05) is 25.3 Å². The summed E-state index contributed by atoms with van der Waals surface area (Å²) >= 11 is 0. The van der Waals surface area contributed by atoms with Gasteiger partial charge in [0.1, 0.15) is 5.75 Å². The molecule has 1 fully saturated rings. The van der Waals surface area contributed by atoms with Gasteiger partial charge in [0.05, 0.1) is 24.9 Å². The predicted octanol–water partition coefficient (Wildman–Crippen LogP) is 3.49. The third-order valence-electron chi connectivity index (χ3n) is 5.10. The van der Waals surface area contributed by atoms with Crippen molar-refractivity contribution in [2.45, 2.75) is 45.6 Å². The van der Waals surface area contributed by atoms with Gasteiger partial charge >= 0.3 is 5.97 Å². The van der Waals surface area contributed by atoms with Crippen LogP contribution < -0.4 is 10.1 Å². The standard InChI is InChI=1S/C24H30N2O5/c1-16-13-26(14-17(2)30-16)15-19-5-7-20(8-6-19)24(28)31-18(3)23(27)25-21-9-11-22(29-4)12-10-21/h5-12,16-18H,13-15H2,1-4H3,(H,25,27). The largest absolute Gasteiger partial charge is 0.497 e. The van der Waals surface area contributed by atoms with Crippen molar-refractivity contribution in [3.05, 3.63) is 59.7 Å². The zero-order valence-corrected chi connectivity index (χ0v) is 18.5. The van der Waals surface area contributed by atoms with E-state index in [9.17, 15) is 9.59 Å². The van der Waals surface area contributed by atoms with Crippen molar-refractivity contribution in [1.29, 1.82) is 0 Å². The fourth-order valence-electron chi connectivity index (χ4n) is 3.62. The van der Waals surface area contributed by atoms with Crippen molar-refractivity contribution in [2.75, 3.05) is 25.5 Å². The van der Waals surface area contributed by atoms with Gasteiger partial charge in [-0.2, -0.15) is 0 Å². The van der Waals surface area contributed by atoms with Crippen LogP contribution in [-0.2, 0) is 20.8 Å². The Morgan fingerprint density at radius 2 is 1.68 bits per heavy atom. The second kappa shape index (κ2) is 10.4. The topological polar surface area (TPSA) is 77.1 Å². The lowest BCUT2D eigenvalue weighted by atomic mass is 10.1. The monoisotopic (exact) mass is 426 g/mol. The second-order valence-electron chi connectivity index (χ2n) is 7.91. The van der Waals surface area contributed by atoms with Gasteiger partial charge < -0.3 is 19.5 Å². The minimum atomic E-state index is -0.925. The Morgan fingerprint density at radius 1 is 1.06 bits per heavy atom. The van der Waals surface area contributed by atoms with Gasteiger partial charge in [-0.25, -0.2) is 4.79 Å². The molecule has 1 aliphatic rings. The molecule has 2 aromatic carbocycles. The van der Waals surface area contributed by atoms with Crippen molar-refractivity contribution in [2.24, 2.45) is 0 Å². The van der Waals surface area contributed by atoms with Crippen LogP contribution in [0.15, 0.2) is 48.5 Å². The SMILES string of the molecule is COc1ccc(NC(=O)C(C)OC(=O)c2ccc(CN3CC(C)OC(C)C3)cc2)cc1. The molecule has 1 aliphatic heterocycles. The smallest absolute Gasteiger partial charge is 0.338 e. The summed E-state index contributed by atoms with van der Waals surface area (Å²) in [6.45, 7) is 8.27. The maximum absolute atomic E-state index is 12.4. The van der Waals surface area contributed by atoms with E-state index in [0.717, 1.165) is 25.2 Å². The second-order valence-corrected chi connectivity index (χ2v) is 7.91. The van der Waals surface area contributed by atoms with E-state index in [1.54, 1.807) is 50.4 Å². The van der Waals surface area contributed by atoms with Crippen LogP contribution in [0.2, 0.25) is 0 Å². The Kier molecular flexibility index (Phi) is 7.65. The van der Waals surface area contributed by atoms with Gasteiger partial charge in [-0.3, -0.25) is 9.69 Å². The number of esters is 1. The number of hydrogen-bond acceptors (Lipinski definition) is 6. The van der Waals surface area contributed by atoms with Gasteiger partial charge in [-0.05, 0) is 62.7 Å². The molecule has 0 saturated carbocycles. The zero-order chi connectivity index (χ0) is 22.4. The summed E-state index contributed by atoms with van der Waals surface area (Å²) in [6.07, 6.45) is -0.502. The van der Waals surface area contributed by atoms with Crippen LogP contribution in [0.3, 0.4) is 0 Å². The third kappa shape index (κ3) is 6.54. The summed E-state index contributed by atoms with van der Waals surface area (Å²) in [5.74, 6) is -0.234. The summed E-state index contributed by atoms with van der Waals surface area (Å²) < 4.78 is 16.2. The van der Waals surface area contributed by atoms with Crippen LogP contribution in [0.4, 0.5) is 5.69 Å². The molecular formula is C24H30N2O5. The van der Waals surface area contributed by atoms with Crippen molar-refractivity contribution in [3.8, 4) is 5.75 Å². The number of ether oxygens (including phenoxy) is 3. The summed E-state index contributed by atoms with van der Waals surface area (Å²) in [5, 5.41) is 2.72. The van der Waals surface area contributed by atoms with Crippen LogP contribution in [0.1, 0.15) is 36.7 Å². The molecule has 31 heavy (non-hydrogen) atoms. The highest BCUT2D eigenvalue weighted by Gasteiger charge is 2.22. The number of hydrogen-bond donors (Lipinski definition) is 1. The Balaban J connectivity index is 1.51. The molecule has 0 bridgehead atoms. The molecule has 0 spiro atoms. The quantitative estimate of drug-likeness (QED) is 0.683.